The van der Waals surface area contributed by atoms with E-state index in [1.807, 2.05) is 18.2 Å². The fraction of sp³-hybridized carbons (Fsp3) is 0. The van der Waals surface area contributed by atoms with Gasteiger partial charge in [0.25, 0.3) is 0 Å². The molecule has 13 heavy (non-hydrogen) atoms. The van der Waals surface area contributed by atoms with Crippen LogP contribution in [-0.2, 0) is 0 Å². The van der Waals surface area contributed by atoms with E-state index in [4.69, 9.17) is 1.37 Å². The molecule has 66 valence electrons. The number of hydrogen-bond donors (Lipinski definition) is 0. The Kier molecular flexibility index (Phi) is 2.57. The Morgan fingerprint density at radius 1 is 0.769 bits per heavy atom. The van der Waals surface area contributed by atoms with Gasteiger partial charge >= 0.3 is 90.4 Å². The molecule has 0 amide bonds. The Labute approximate surface area is 90.3 Å². The summed E-state index contributed by atoms with van der Waals surface area (Å²) in [5.41, 5.74) is 0. The van der Waals surface area contributed by atoms with E-state index >= 15 is 0 Å². The van der Waals surface area contributed by atoms with Gasteiger partial charge in [0.05, 0.1) is 0 Å². The topological polar surface area (TPSA) is 0 Å². The fourth-order valence-electron chi connectivity index (χ4n) is 1.03. The van der Waals surface area contributed by atoms with Crippen LogP contribution in [0, 0.1) is 7.14 Å². The van der Waals surface area contributed by atoms with Crippen molar-refractivity contribution >= 4 is 0 Å². The molecule has 0 heterocycles. The van der Waals surface area contributed by atoms with Crippen LogP contribution in [-0.4, -0.2) is 0 Å². The van der Waals surface area contributed by atoms with Gasteiger partial charge in [-0.3, -0.25) is 0 Å². The van der Waals surface area contributed by atoms with Crippen LogP contribution in [0.3, 0.4) is 0 Å². The summed E-state index contributed by atoms with van der Waals surface area (Å²) in [6.45, 7) is 0. The van der Waals surface area contributed by atoms with Crippen LogP contribution in [0.5, 0.6) is 0 Å². The third-order valence-corrected chi connectivity index (χ3v) is 4.31. The van der Waals surface area contributed by atoms with Crippen molar-refractivity contribution in [3.8, 4) is 0 Å². The molecule has 0 nitrogen and oxygen atoms in total. The van der Waals surface area contributed by atoms with E-state index in [2.05, 4.69) is 36.4 Å². The molecule has 1 heteroatoms. The van der Waals surface area contributed by atoms with Crippen LogP contribution in [0.25, 0.3) is 0 Å². The maximum atomic E-state index is 7.38. The summed E-state index contributed by atoms with van der Waals surface area (Å²) in [7, 11) is 0. The SMILES string of the molecule is [2H]c1ccc([I-]c2ccccc2)cc1. The van der Waals surface area contributed by atoms with Gasteiger partial charge in [-0.1, -0.05) is 0 Å². The van der Waals surface area contributed by atoms with E-state index in [0.717, 1.165) is 0 Å². The average molecular weight is 282 g/mol. The zero-order chi connectivity index (χ0) is 9.80. The zero-order valence-electron chi connectivity index (χ0n) is 8.07. The maximum absolute atomic E-state index is 7.38. The van der Waals surface area contributed by atoms with Crippen molar-refractivity contribution in [2.45, 2.75) is 0 Å². The van der Waals surface area contributed by atoms with Crippen molar-refractivity contribution in [1.29, 1.82) is 0 Å². The Balaban J connectivity index is 2.16. The van der Waals surface area contributed by atoms with Crippen molar-refractivity contribution in [3.63, 3.8) is 0 Å². The molecule has 0 aliphatic carbocycles. The van der Waals surface area contributed by atoms with Crippen LogP contribution in [0.2, 0.25) is 0 Å². The van der Waals surface area contributed by atoms with Crippen molar-refractivity contribution in [3.05, 3.63) is 67.8 Å². The molecular formula is C12H10I-. The minimum atomic E-state index is -0.0674. The molecule has 0 atom stereocenters. The quantitative estimate of drug-likeness (QED) is 0.670. The second kappa shape index (κ2) is 4.42. The van der Waals surface area contributed by atoms with Gasteiger partial charge < -0.3 is 0 Å². The first-order valence-corrected chi connectivity index (χ1v) is 6.27. The van der Waals surface area contributed by atoms with E-state index in [9.17, 15) is 0 Å². The van der Waals surface area contributed by atoms with E-state index < -0.39 is 0 Å². The van der Waals surface area contributed by atoms with Crippen LogP contribution in [0.4, 0.5) is 0 Å². The zero-order valence-corrected chi connectivity index (χ0v) is 9.23. The van der Waals surface area contributed by atoms with Crippen LogP contribution < -0.4 is 21.2 Å². The summed E-state index contributed by atoms with van der Waals surface area (Å²) in [4.78, 5) is 0. The van der Waals surface area contributed by atoms with E-state index in [1.54, 1.807) is 0 Å². The molecule has 0 bridgehead atoms. The van der Waals surface area contributed by atoms with E-state index in [-0.39, 0.29) is 21.2 Å². The minimum absolute atomic E-state index is 0.0674. The summed E-state index contributed by atoms with van der Waals surface area (Å²) >= 11 is -0.0674. The van der Waals surface area contributed by atoms with Gasteiger partial charge in [0.2, 0.25) is 0 Å². The summed E-state index contributed by atoms with van der Waals surface area (Å²) in [6, 6.07) is 19.0. The number of benzene rings is 2. The monoisotopic (exact) mass is 282 g/mol. The van der Waals surface area contributed by atoms with Crippen molar-refractivity contribution in [1.82, 2.24) is 0 Å². The number of halogens is 1. The van der Waals surface area contributed by atoms with Gasteiger partial charge in [0.1, 0.15) is 0 Å². The van der Waals surface area contributed by atoms with Crippen molar-refractivity contribution in [2.24, 2.45) is 0 Å². The predicted octanol–water partition coefficient (Wildman–Crippen LogP) is -0.185. The normalized spacial score (nSPS) is 11.2. The van der Waals surface area contributed by atoms with Crippen LogP contribution >= 0.6 is 0 Å². The first-order valence-electron chi connectivity index (χ1n) is 4.61. The Hall–Kier alpha value is -0.830. The summed E-state index contributed by atoms with van der Waals surface area (Å²) < 4.78 is 10.2. The van der Waals surface area contributed by atoms with Gasteiger partial charge in [0, 0.05) is 0 Å². The van der Waals surface area contributed by atoms with Gasteiger partial charge in [-0.05, 0) is 0 Å². The predicted molar refractivity (Wildman–Crippen MR) is 50.3 cm³/mol. The summed E-state index contributed by atoms with van der Waals surface area (Å²) in [6.07, 6.45) is 0. The molecule has 0 N–H and O–H groups in total. The molecule has 2 rings (SSSR count). The number of hydrogen-bond acceptors (Lipinski definition) is 0. The van der Waals surface area contributed by atoms with Gasteiger partial charge in [-0.15, -0.1) is 0 Å². The molecule has 0 aromatic heterocycles. The molecular weight excluding hydrogens is 271 g/mol. The number of rotatable bonds is 2. The van der Waals surface area contributed by atoms with Crippen LogP contribution in [0.15, 0.2) is 60.6 Å². The molecule has 0 aliphatic rings. The van der Waals surface area contributed by atoms with Gasteiger partial charge in [-0.2, -0.15) is 0 Å². The molecule has 0 radical (unpaired) electrons. The summed E-state index contributed by atoms with van der Waals surface area (Å²) in [5, 5.41) is 0. The molecule has 0 saturated heterocycles. The molecule has 0 fully saturated rings. The standard InChI is InChI=1S/C12H10I/c1-3-7-11(8-4-1)13-12-9-5-2-6-10-12/h1-10H/q-1/i1D. The van der Waals surface area contributed by atoms with Gasteiger partial charge in [0.15, 0.2) is 0 Å². The first-order chi connectivity index (χ1) is 6.84. The Bertz CT molecular complexity index is 394. The van der Waals surface area contributed by atoms with Gasteiger partial charge in [-0.25, -0.2) is 0 Å². The fourth-order valence-corrected chi connectivity index (χ4v) is 3.25. The second-order valence-corrected chi connectivity index (χ2v) is 5.64. The first kappa shape index (κ1) is 7.56. The molecule has 2 aromatic carbocycles. The second-order valence-electron chi connectivity index (χ2n) is 2.61. The summed E-state index contributed by atoms with van der Waals surface area (Å²) in [5.74, 6) is 0. The average Bonchev–Trinajstić information content (AvgIpc) is 2.23. The Morgan fingerprint density at radius 3 is 1.92 bits per heavy atom. The molecule has 0 spiro atoms. The van der Waals surface area contributed by atoms with Crippen LogP contribution in [0.1, 0.15) is 1.37 Å². The molecule has 2 aromatic rings. The van der Waals surface area contributed by atoms with Crippen molar-refractivity contribution in [2.75, 3.05) is 0 Å². The van der Waals surface area contributed by atoms with Crippen molar-refractivity contribution < 1.29 is 22.6 Å². The molecule has 0 unspecified atom stereocenters. The van der Waals surface area contributed by atoms with E-state index in [0.29, 0.717) is 6.04 Å². The third-order valence-electron chi connectivity index (χ3n) is 1.63. The van der Waals surface area contributed by atoms with E-state index in [1.165, 1.54) is 7.14 Å². The molecule has 0 aliphatic heterocycles. The Morgan fingerprint density at radius 2 is 1.31 bits per heavy atom. The molecule has 0 saturated carbocycles. The third kappa shape index (κ3) is 2.56.